The fraction of sp³-hybridized carbons (Fsp3) is 0.900. The van der Waals surface area contributed by atoms with E-state index in [4.69, 9.17) is 0 Å². The lowest BCUT2D eigenvalue weighted by atomic mass is 10.0. The summed E-state index contributed by atoms with van der Waals surface area (Å²) in [6.45, 7) is 4.46. The molecule has 3 heteroatoms. The molecule has 0 saturated carbocycles. The van der Waals surface area contributed by atoms with Gasteiger partial charge >= 0.3 is 0 Å². The normalized spacial score (nSPS) is 10.5. The van der Waals surface area contributed by atoms with Crippen LogP contribution in [0.3, 0.4) is 0 Å². The average Bonchev–Trinajstić information content (AvgIpc) is 2.03. The van der Waals surface area contributed by atoms with Crippen LogP contribution in [0.2, 0.25) is 0 Å². The third kappa shape index (κ3) is 9.34. The van der Waals surface area contributed by atoms with E-state index in [0.29, 0.717) is 6.42 Å². The standard InChI is InChI=1S/C10H22N2O/c1-9(2)7-5-4-6-8-10(13)12-11-3/h9,11H,4-8H2,1-3H3,(H,12,13). The zero-order valence-corrected chi connectivity index (χ0v) is 9.02. The Labute approximate surface area is 81.3 Å². The van der Waals surface area contributed by atoms with E-state index in [-0.39, 0.29) is 5.91 Å². The molecule has 0 aromatic carbocycles. The molecule has 0 radical (unpaired) electrons. The maximum absolute atomic E-state index is 11.0. The molecular weight excluding hydrogens is 164 g/mol. The van der Waals surface area contributed by atoms with Gasteiger partial charge in [-0.05, 0) is 12.3 Å². The molecule has 0 aliphatic heterocycles. The highest BCUT2D eigenvalue weighted by atomic mass is 16.2. The first-order valence-electron chi connectivity index (χ1n) is 5.12. The molecule has 0 saturated heterocycles. The molecule has 0 heterocycles. The largest absolute Gasteiger partial charge is 0.292 e. The van der Waals surface area contributed by atoms with E-state index in [0.717, 1.165) is 18.8 Å². The van der Waals surface area contributed by atoms with Gasteiger partial charge in [-0.1, -0.05) is 33.1 Å². The van der Waals surface area contributed by atoms with Gasteiger partial charge in [-0.15, -0.1) is 0 Å². The van der Waals surface area contributed by atoms with E-state index in [1.807, 2.05) is 0 Å². The molecule has 3 nitrogen and oxygen atoms in total. The van der Waals surface area contributed by atoms with Crippen LogP contribution in [0.5, 0.6) is 0 Å². The zero-order valence-electron chi connectivity index (χ0n) is 9.02. The second kappa shape index (κ2) is 8.05. The molecule has 0 aliphatic carbocycles. The summed E-state index contributed by atoms with van der Waals surface area (Å²) in [6.07, 6.45) is 5.31. The molecule has 0 bridgehead atoms. The Kier molecular flexibility index (Phi) is 7.69. The van der Waals surface area contributed by atoms with Gasteiger partial charge in [0.2, 0.25) is 5.91 Å². The van der Waals surface area contributed by atoms with Crippen LogP contribution in [0, 0.1) is 5.92 Å². The summed E-state index contributed by atoms with van der Waals surface area (Å²) in [5.41, 5.74) is 5.18. The van der Waals surface area contributed by atoms with Gasteiger partial charge in [0.05, 0.1) is 0 Å². The quantitative estimate of drug-likeness (QED) is 0.470. The molecule has 0 spiro atoms. The molecular formula is C10H22N2O. The van der Waals surface area contributed by atoms with Crippen molar-refractivity contribution >= 4 is 5.91 Å². The van der Waals surface area contributed by atoms with Crippen molar-refractivity contribution in [3.05, 3.63) is 0 Å². The van der Waals surface area contributed by atoms with Crippen molar-refractivity contribution in [3.8, 4) is 0 Å². The third-order valence-electron chi connectivity index (χ3n) is 1.95. The summed E-state index contributed by atoms with van der Waals surface area (Å²) in [6, 6.07) is 0. The first kappa shape index (κ1) is 12.4. The van der Waals surface area contributed by atoms with Gasteiger partial charge in [-0.3, -0.25) is 10.2 Å². The molecule has 1 amide bonds. The smallest absolute Gasteiger partial charge is 0.234 e. The van der Waals surface area contributed by atoms with E-state index < -0.39 is 0 Å². The van der Waals surface area contributed by atoms with E-state index >= 15 is 0 Å². The summed E-state index contributed by atoms with van der Waals surface area (Å²) in [5.74, 6) is 0.873. The summed E-state index contributed by atoms with van der Waals surface area (Å²) < 4.78 is 0. The minimum atomic E-state index is 0.0899. The number of rotatable bonds is 7. The molecule has 0 atom stereocenters. The minimum Gasteiger partial charge on any atom is -0.292 e. The van der Waals surface area contributed by atoms with Crippen LogP contribution in [-0.4, -0.2) is 13.0 Å². The molecule has 0 rings (SSSR count). The Morgan fingerprint density at radius 3 is 2.46 bits per heavy atom. The van der Waals surface area contributed by atoms with Gasteiger partial charge in [-0.25, -0.2) is 5.43 Å². The maximum Gasteiger partial charge on any atom is 0.234 e. The molecule has 13 heavy (non-hydrogen) atoms. The Balaban J connectivity index is 3.11. The molecule has 0 aromatic heterocycles. The SMILES string of the molecule is CNNC(=O)CCCCCC(C)C. The van der Waals surface area contributed by atoms with Crippen LogP contribution in [0.15, 0.2) is 0 Å². The van der Waals surface area contributed by atoms with Crippen molar-refractivity contribution in [3.63, 3.8) is 0 Å². The van der Waals surface area contributed by atoms with E-state index in [1.165, 1.54) is 12.8 Å². The number of hydrogen-bond acceptors (Lipinski definition) is 2. The first-order valence-corrected chi connectivity index (χ1v) is 5.12. The molecule has 0 aromatic rings. The highest BCUT2D eigenvalue weighted by Gasteiger charge is 1.99. The van der Waals surface area contributed by atoms with Crippen LogP contribution in [0.4, 0.5) is 0 Å². The molecule has 2 N–H and O–H groups in total. The zero-order chi connectivity index (χ0) is 10.1. The molecule has 0 fully saturated rings. The van der Waals surface area contributed by atoms with Gasteiger partial charge in [0.25, 0.3) is 0 Å². The highest BCUT2D eigenvalue weighted by Crippen LogP contribution is 2.08. The van der Waals surface area contributed by atoms with Crippen LogP contribution < -0.4 is 10.9 Å². The second-order valence-electron chi connectivity index (χ2n) is 3.79. The van der Waals surface area contributed by atoms with Crippen molar-refractivity contribution in [2.45, 2.75) is 46.0 Å². The first-order chi connectivity index (χ1) is 6.16. The van der Waals surface area contributed by atoms with Gasteiger partial charge in [0.15, 0.2) is 0 Å². The lowest BCUT2D eigenvalue weighted by Crippen LogP contribution is -2.33. The maximum atomic E-state index is 11.0. The fourth-order valence-corrected chi connectivity index (χ4v) is 1.22. The van der Waals surface area contributed by atoms with Gasteiger partial charge < -0.3 is 0 Å². The summed E-state index contributed by atoms with van der Waals surface area (Å²) >= 11 is 0. The van der Waals surface area contributed by atoms with E-state index in [1.54, 1.807) is 7.05 Å². The lowest BCUT2D eigenvalue weighted by molar-refractivity contribution is -0.122. The summed E-state index contributed by atoms with van der Waals surface area (Å²) in [7, 11) is 1.71. The van der Waals surface area contributed by atoms with Crippen molar-refractivity contribution in [1.29, 1.82) is 0 Å². The van der Waals surface area contributed by atoms with Crippen LogP contribution in [0.25, 0.3) is 0 Å². The van der Waals surface area contributed by atoms with Crippen LogP contribution in [0.1, 0.15) is 46.0 Å². The predicted molar refractivity (Wildman–Crippen MR) is 55.1 cm³/mol. The summed E-state index contributed by atoms with van der Waals surface area (Å²) in [4.78, 5) is 11.0. The number of carbonyl (C=O) groups excluding carboxylic acids is 1. The molecule has 78 valence electrons. The third-order valence-corrected chi connectivity index (χ3v) is 1.95. The molecule has 0 unspecified atom stereocenters. The topological polar surface area (TPSA) is 41.1 Å². The van der Waals surface area contributed by atoms with E-state index in [2.05, 4.69) is 24.7 Å². The predicted octanol–water partition coefficient (Wildman–Crippen LogP) is 1.84. The van der Waals surface area contributed by atoms with Crippen molar-refractivity contribution in [2.75, 3.05) is 7.05 Å². The van der Waals surface area contributed by atoms with Crippen LogP contribution >= 0.6 is 0 Å². The average molecular weight is 186 g/mol. The second-order valence-corrected chi connectivity index (χ2v) is 3.79. The lowest BCUT2D eigenvalue weighted by Gasteiger charge is -2.04. The monoisotopic (exact) mass is 186 g/mol. The Hall–Kier alpha value is -0.570. The Bertz CT molecular complexity index is 135. The van der Waals surface area contributed by atoms with Crippen molar-refractivity contribution < 1.29 is 4.79 Å². The van der Waals surface area contributed by atoms with Gasteiger partial charge in [0.1, 0.15) is 0 Å². The van der Waals surface area contributed by atoms with Crippen LogP contribution in [-0.2, 0) is 4.79 Å². The number of unbranched alkanes of at least 4 members (excludes halogenated alkanes) is 2. The number of carbonyl (C=O) groups is 1. The van der Waals surface area contributed by atoms with Gasteiger partial charge in [-0.2, -0.15) is 0 Å². The number of nitrogens with one attached hydrogen (secondary N) is 2. The molecule has 0 aliphatic rings. The number of amides is 1. The highest BCUT2D eigenvalue weighted by molar-refractivity contribution is 5.75. The van der Waals surface area contributed by atoms with Gasteiger partial charge in [0, 0.05) is 13.5 Å². The number of hydrogen-bond donors (Lipinski definition) is 2. The number of hydrazine groups is 1. The minimum absolute atomic E-state index is 0.0899. The summed E-state index contributed by atoms with van der Waals surface area (Å²) in [5, 5.41) is 0. The fourth-order valence-electron chi connectivity index (χ4n) is 1.22. The Morgan fingerprint density at radius 2 is 1.92 bits per heavy atom. The van der Waals surface area contributed by atoms with Crippen molar-refractivity contribution in [1.82, 2.24) is 10.9 Å². The Morgan fingerprint density at radius 1 is 1.23 bits per heavy atom. The van der Waals surface area contributed by atoms with E-state index in [9.17, 15) is 4.79 Å². The van der Waals surface area contributed by atoms with Crippen molar-refractivity contribution in [2.24, 2.45) is 5.92 Å².